The molecule has 0 N–H and O–H groups in total. The third-order valence-corrected chi connectivity index (χ3v) is 15.0. The van der Waals surface area contributed by atoms with E-state index < -0.39 is 15.6 Å². The topological polar surface area (TPSA) is 94.5 Å². The molecule has 2 aromatic carbocycles. The quantitative estimate of drug-likeness (QED) is 0.279. The molecule has 3 aliphatic carbocycles. The summed E-state index contributed by atoms with van der Waals surface area (Å²) in [6.07, 6.45) is 12.1. The number of carbonyl (C=O) groups is 2. The highest BCUT2D eigenvalue weighted by atomic mass is 35.5. The van der Waals surface area contributed by atoms with Crippen LogP contribution in [0.4, 0.5) is 5.69 Å². The number of carbonyl (C=O) groups excluding carboxylic acids is 2. The minimum atomic E-state index is -3.18. The zero-order valence-corrected chi connectivity index (χ0v) is 32.1. The van der Waals surface area contributed by atoms with Crippen LogP contribution in [0.3, 0.4) is 0 Å². The number of halogens is 1. The van der Waals surface area contributed by atoms with Crippen molar-refractivity contribution in [3.8, 4) is 5.75 Å². The monoisotopic (exact) mass is 736 g/mol. The molecule has 7 rings (SSSR count). The second-order valence-electron chi connectivity index (χ2n) is 16.4. The molecule has 0 saturated heterocycles. The van der Waals surface area contributed by atoms with E-state index in [0.29, 0.717) is 36.8 Å². The van der Waals surface area contributed by atoms with Crippen molar-refractivity contribution >= 4 is 38.7 Å². The van der Waals surface area contributed by atoms with Crippen LogP contribution in [0.1, 0.15) is 86.7 Å². The van der Waals surface area contributed by atoms with Gasteiger partial charge in [-0.3, -0.25) is 9.59 Å². The summed E-state index contributed by atoms with van der Waals surface area (Å²) in [6.45, 7) is 6.14. The number of hydrogen-bond acceptors (Lipinski definition) is 7. The summed E-state index contributed by atoms with van der Waals surface area (Å²) in [5.41, 5.74) is 3.36. The van der Waals surface area contributed by atoms with Gasteiger partial charge >= 0.3 is 0 Å². The van der Waals surface area contributed by atoms with Crippen LogP contribution in [0, 0.1) is 23.7 Å². The van der Waals surface area contributed by atoms with Crippen molar-refractivity contribution in [2.75, 3.05) is 50.3 Å². The highest BCUT2D eigenvalue weighted by Crippen LogP contribution is 2.47. The van der Waals surface area contributed by atoms with E-state index in [0.717, 1.165) is 74.5 Å². The summed E-state index contributed by atoms with van der Waals surface area (Å²) < 4.78 is 37.4. The molecule has 6 atom stereocenters. The first-order valence-electron chi connectivity index (χ1n) is 18.7. The standard InChI is InChI=1S/C41H53ClN2O6S/c1-27-7-5-9-37(48-3)34-13-10-31(34)22-44-25-41(16-6-8-29-18-32(42)12-14-35(29)41)26-50-38-15-11-30(19-36(38)44)39(46)43-51(47,23-27)24-33(45)17-28-20-40(2,21-28)49-4/h5,9,11-12,14-15,18-19,27-28,31,34,37H,6-8,10,13,16-17,20-26H2,1-4H3/b9-5+/t27-,28?,31-,34+,37-,40?,41-,51+/m0/s1. The van der Waals surface area contributed by atoms with Crippen LogP contribution in [-0.2, 0) is 35.8 Å². The van der Waals surface area contributed by atoms with Gasteiger partial charge in [0, 0.05) is 55.5 Å². The number of hydrogen-bond donors (Lipinski definition) is 0. The number of methoxy groups -OCH3 is 2. The molecule has 5 aliphatic rings. The number of aryl methyl sites for hydroxylation is 1. The lowest BCUT2D eigenvalue weighted by Gasteiger charge is -2.46. The number of ketones is 1. The maximum absolute atomic E-state index is 14.6. The van der Waals surface area contributed by atoms with E-state index in [-0.39, 0.29) is 46.2 Å². The largest absolute Gasteiger partial charge is 0.490 e. The Morgan fingerprint density at radius 2 is 1.98 bits per heavy atom. The maximum Gasteiger partial charge on any atom is 0.285 e. The van der Waals surface area contributed by atoms with Crippen molar-refractivity contribution in [2.45, 2.75) is 88.8 Å². The average Bonchev–Trinajstić information content (AvgIpc) is 3.21. The maximum atomic E-state index is 14.6. The Kier molecular flexibility index (Phi) is 10.5. The Morgan fingerprint density at radius 3 is 2.73 bits per heavy atom. The second kappa shape index (κ2) is 14.6. The molecule has 10 heteroatoms. The highest BCUT2D eigenvalue weighted by molar-refractivity contribution is 7.94. The van der Waals surface area contributed by atoms with Crippen molar-refractivity contribution in [1.29, 1.82) is 0 Å². The van der Waals surface area contributed by atoms with E-state index in [1.165, 1.54) is 11.1 Å². The van der Waals surface area contributed by atoms with Crippen LogP contribution in [0.15, 0.2) is 52.9 Å². The zero-order chi connectivity index (χ0) is 36.0. The van der Waals surface area contributed by atoms with Gasteiger partial charge in [-0.15, -0.1) is 0 Å². The van der Waals surface area contributed by atoms with Crippen LogP contribution < -0.4 is 9.64 Å². The van der Waals surface area contributed by atoms with E-state index in [1.54, 1.807) is 20.3 Å². The van der Waals surface area contributed by atoms with Crippen LogP contribution in [0.25, 0.3) is 0 Å². The van der Waals surface area contributed by atoms with Gasteiger partial charge in [-0.05, 0) is 123 Å². The molecule has 2 fully saturated rings. The summed E-state index contributed by atoms with van der Waals surface area (Å²) in [5, 5.41) is 0.751. The van der Waals surface area contributed by atoms with Crippen molar-refractivity contribution < 1.29 is 28.0 Å². The fourth-order valence-corrected chi connectivity index (χ4v) is 12.1. The highest BCUT2D eigenvalue weighted by Gasteiger charge is 2.45. The molecule has 2 aliphatic heterocycles. The van der Waals surface area contributed by atoms with Gasteiger partial charge in [0.2, 0.25) is 0 Å². The number of amides is 1. The SMILES string of the molecule is CO[C@H]1/C=C/C[C@H](C)C[S@@](=O)(CC(=O)CC2CC(C)(OC)C2)=NC(=O)c2ccc3c(c2)N(C[C@@H]2CC[C@H]21)C[C@@]1(CCCc2cc(Cl)ccc21)CO3. The number of rotatable bonds is 6. The van der Waals surface area contributed by atoms with Gasteiger partial charge in [0.25, 0.3) is 5.91 Å². The molecule has 2 aromatic rings. The fraction of sp³-hybridized carbons (Fsp3) is 0.610. The molecule has 276 valence electrons. The van der Waals surface area contributed by atoms with E-state index in [1.807, 2.05) is 25.1 Å². The average molecular weight is 737 g/mol. The number of allylic oxidation sites excluding steroid dienone is 1. The van der Waals surface area contributed by atoms with Gasteiger partial charge < -0.3 is 19.1 Å². The molecule has 1 spiro atoms. The lowest BCUT2D eigenvalue weighted by Crippen LogP contribution is -2.49. The molecular formula is C41H53ClN2O6S. The lowest BCUT2D eigenvalue weighted by molar-refractivity contribution is -0.124. The third-order valence-electron chi connectivity index (χ3n) is 12.4. The molecule has 2 heterocycles. The smallest absolute Gasteiger partial charge is 0.285 e. The van der Waals surface area contributed by atoms with Gasteiger partial charge in [0.15, 0.2) is 0 Å². The number of anilines is 1. The molecule has 1 amide bonds. The van der Waals surface area contributed by atoms with Gasteiger partial charge in [0.05, 0.1) is 39.5 Å². The van der Waals surface area contributed by atoms with Crippen LogP contribution >= 0.6 is 11.6 Å². The Bertz CT molecular complexity index is 1810. The number of nitrogens with zero attached hydrogens (tertiary/aromatic N) is 2. The first-order chi connectivity index (χ1) is 24.4. The molecular weight excluding hydrogens is 684 g/mol. The van der Waals surface area contributed by atoms with Gasteiger partial charge in [-0.25, -0.2) is 4.21 Å². The summed E-state index contributed by atoms with van der Waals surface area (Å²) in [5.74, 6) is 0.970. The Morgan fingerprint density at radius 1 is 1.16 bits per heavy atom. The van der Waals surface area contributed by atoms with E-state index in [2.05, 4.69) is 40.5 Å². The summed E-state index contributed by atoms with van der Waals surface area (Å²) in [6, 6.07) is 11.8. The molecule has 0 aromatic heterocycles. The lowest BCUT2D eigenvalue weighted by atomic mass is 9.68. The second-order valence-corrected chi connectivity index (χ2v) is 19.2. The van der Waals surface area contributed by atoms with Crippen molar-refractivity contribution in [3.05, 3.63) is 70.3 Å². The first-order valence-corrected chi connectivity index (χ1v) is 21.0. The molecule has 8 nitrogen and oxygen atoms in total. The molecule has 2 bridgehead atoms. The summed E-state index contributed by atoms with van der Waals surface area (Å²) >= 11 is 6.46. The predicted octanol–water partition coefficient (Wildman–Crippen LogP) is 7.83. The van der Waals surface area contributed by atoms with Crippen molar-refractivity contribution in [3.63, 3.8) is 0 Å². The Labute approximate surface area is 308 Å². The molecule has 51 heavy (non-hydrogen) atoms. The number of fused-ring (bicyclic) bond motifs is 4. The van der Waals surface area contributed by atoms with E-state index in [4.69, 9.17) is 25.8 Å². The third kappa shape index (κ3) is 7.69. The molecule has 2 saturated carbocycles. The van der Waals surface area contributed by atoms with Crippen LogP contribution in [0.5, 0.6) is 5.75 Å². The fourth-order valence-electron chi connectivity index (χ4n) is 9.58. The normalized spacial score (nSPS) is 35.6. The van der Waals surface area contributed by atoms with E-state index >= 15 is 0 Å². The van der Waals surface area contributed by atoms with Gasteiger partial charge in [0.1, 0.15) is 11.5 Å². The Balaban J connectivity index is 1.25. The minimum absolute atomic E-state index is 0.0261. The number of Topliss-reactive ketones (excluding diaryl/α,β-unsaturated/α-hetero) is 1. The predicted molar refractivity (Wildman–Crippen MR) is 203 cm³/mol. The van der Waals surface area contributed by atoms with Gasteiger partial charge in [-0.2, -0.15) is 4.36 Å². The number of ether oxygens (including phenoxy) is 3. The number of benzene rings is 2. The first kappa shape index (κ1) is 36.6. The molecule has 0 unspecified atom stereocenters. The zero-order valence-electron chi connectivity index (χ0n) is 30.5. The summed E-state index contributed by atoms with van der Waals surface area (Å²) in [4.78, 5) is 29.8. The van der Waals surface area contributed by atoms with Crippen LogP contribution in [-0.4, -0.2) is 73.0 Å². The van der Waals surface area contributed by atoms with Crippen molar-refractivity contribution in [2.24, 2.45) is 28.0 Å². The minimum Gasteiger partial charge on any atom is -0.490 e. The van der Waals surface area contributed by atoms with Crippen LogP contribution in [0.2, 0.25) is 5.02 Å². The summed E-state index contributed by atoms with van der Waals surface area (Å²) in [7, 11) is 0.301. The van der Waals surface area contributed by atoms with Crippen molar-refractivity contribution in [1.82, 2.24) is 0 Å². The molecule has 0 radical (unpaired) electrons. The van der Waals surface area contributed by atoms with E-state index in [9.17, 15) is 13.8 Å². The Hall–Kier alpha value is -2.72. The van der Waals surface area contributed by atoms with Gasteiger partial charge in [-0.1, -0.05) is 36.7 Å².